The molecule has 0 aromatic heterocycles. The van der Waals surface area contributed by atoms with Crippen molar-refractivity contribution in [1.82, 2.24) is 5.32 Å². The lowest BCUT2D eigenvalue weighted by Crippen LogP contribution is -2.27. The molecule has 0 aliphatic carbocycles. The van der Waals surface area contributed by atoms with Crippen LogP contribution in [-0.2, 0) is 4.79 Å². The van der Waals surface area contributed by atoms with E-state index in [1.807, 2.05) is 13.8 Å². The molecule has 2 aromatic rings. The normalized spacial score (nSPS) is 11.7. The molecule has 7 heteroatoms. The standard InChI is InChI=1S/C23H29FN2O4/c1-6-29-19-11-16(10-17(24)12-19)15(5)25-23(28)20-13-18(26-22(27)14(3)4)8-9-21(20)30-7-2/h8-15H,6-7H2,1-5H3,(H,25,28)(H,26,27). The van der Waals surface area contributed by atoms with Gasteiger partial charge in [-0.15, -0.1) is 0 Å². The summed E-state index contributed by atoms with van der Waals surface area (Å²) in [7, 11) is 0. The predicted octanol–water partition coefficient (Wildman–Crippen LogP) is 4.71. The van der Waals surface area contributed by atoms with Crippen LogP contribution in [-0.4, -0.2) is 25.0 Å². The quantitative estimate of drug-likeness (QED) is 0.621. The summed E-state index contributed by atoms with van der Waals surface area (Å²) in [6.45, 7) is 9.76. The molecule has 0 aliphatic heterocycles. The van der Waals surface area contributed by atoms with Crippen LogP contribution in [0.25, 0.3) is 0 Å². The smallest absolute Gasteiger partial charge is 0.255 e. The first kappa shape index (κ1) is 23.2. The molecule has 1 unspecified atom stereocenters. The minimum absolute atomic E-state index is 0.151. The van der Waals surface area contributed by atoms with E-state index in [-0.39, 0.29) is 17.4 Å². The molecule has 2 N–H and O–H groups in total. The third-order valence-electron chi connectivity index (χ3n) is 4.37. The van der Waals surface area contributed by atoms with Gasteiger partial charge in [0.25, 0.3) is 5.91 Å². The highest BCUT2D eigenvalue weighted by molar-refractivity contribution is 6.00. The molecule has 2 amide bonds. The largest absolute Gasteiger partial charge is 0.494 e. The first-order valence-corrected chi connectivity index (χ1v) is 10.1. The Bertz CT molecular complexity index is 899. The van der Waals surface area contributed by atoms with E-state index in [9.17, 15) is 14.0 Å². The number of rotatable bonds is 9. The Hall–Kier alpha value is -3.09. The third kappa shape index (κ3) is 6.20. The van der Waals surface area contributed by atoms with Crippen LogP contribution in [0.3, 0.4) is 0 Å². The van der Waals surface area contributed by atoms with Crippen LogP contribution in [0.15, 0.2) is 36.4 Å². The van der Waals surface area contributed by atoms with Gasteiger partial charge < -0.3 is 20.1 Å². The maximum atomic E-state index is 13.9. The number of nitrogens with one attached hydrogen (secondary N) is 2. The topological polar surface area (TPSA) is 76.7 Å². The van der Waals surface area contributed by atoms with Gasteiger partial charge in [-0.25, -0.2) is 4.39 Å². The van der Waals surface area contributed by atoms with E-state index >= 15 is 0 Å². The van der Waals surface area contributed by atoms with Crippen LogP contribution in [0.5, 0.6) is 11.5 Å². The average Bonchev–Trinajstić information content (AvgIpc) is 2.68. The molecule has 162 valence electrons. The zero-order valence-corrected chi connectivity index (χ0v) is 18.0. The molecule has 0 aliphatic rings. The van der Waals surface area contributed by atoms with Crippen LogP contribution in [0.2, 0.25) is 0 Å². The van der Waals surface area contributed by atoms with Gasteiger partial charge in [-0.3, -0.25) is 9.59 Å². The Morgan fingerprint density at radius 3 is 2.33 bits per heavy atom. The highest BCUT2D eigenvalue weighted by Gasteiger charge is 2.19. The number of hydrogen-bond acceptors (Lipinski definition) is 4. The number of hydrogen-bond donors (Lipinski definition) is 2. The van der Waals surface area contributed by atoms with Crippen LogP contribution >= 0.6 is 0 Å². The summed E-state index contributed by atoms with van der Waals surface area (Å²) in [5.41, 5.74) is 1.36. The average molecular weight is 416 g/mol. The molecule has 0 fully saturated rings. The molecule has 6 nitrogen and oxygen atoms in total. The lowest BCUT2D eigenvalue weighted by molar-refractivity contribution is -0.118. The van der Waals surface area contributed by atoms with Gasteiger partial charge in [0.05, 0.1) is 24.8 Å². The van der Waals surface area contributed by atoms with Gasteiger partial charge in [-0.2, -0.15) is 0 Å². The molecule has 0 saturated heterocycles. The van der Waals surface area contributed by atoms with E-state index in [1.165, 1.54) is 12.1 Å². The Morgan fingerprint density at radius 1 is 1.00 bits per heavy atom. The van der Waals surface area contributed by atoms with Gasteiger partial charge >= 0.3 is 0 Å². The SMILES string of the molecule is CCOc1cc(F)cc(C(C)NC(=O)c2cc(NC(=O)C(C)C)ccc2OCC)c1. The van der Waals surface area contributed by atoms with Crippen molar-refractivity contribution < 1.29 is 23.5 Å². The number of benzene rings is 2. The van der Waals surface area contributed by atoms with Crippen molar-refractivity contribution in [3.63, 3.8) is 0 Å². The lowest BCUT2D eigenvalue weighted by atomic mass is 10.1. The van der Waals surface area contributed by atoms with E-state index < -0.39 is 17.8 Å². The van der Waals surface area contributed by atoms with Gasteiger partial charge in [0.15, 0.2) is 0 Å². The van der Waals surface area contributed by atoms with Crippen molar-refractivity contribution in [2.24, 2.45) is 5.92 Å². The second kappa shape index (κ2) is 10.6. The molecule has 1 atom stereocenters. The molecule has 2 rings (SSSR count). The van der Waals surface area contributed by atoms with Crippen molar-refractivity contribution in [2.75, 3.05) is 18.5 Å². The summed E-state index contributed by atoms with van der Waals surface area (Å²) in [6, 6.07) is 8.79. The number of anilines is 1. The zero-order valence-electron chi connectivity index (χ0n) is 18.0. The van der Waals surface area contributed by atoms with E-state index in [0.29, 0.717) is 36.0 Å². The van der Waals surface area contributed by atoms with E-state index in [0.717, 1.165) is 0 Å². The summed E-state index contributed by atoms with van der Waals surface area (Å²) in [4.78, 5) is 25.0. The van der Waals surface area contributed by atoms with Crippen LogP contribution in [0, 0.1) is 11.7 Å². The Kier molecular flexibility index (Phi) is 8.21. The van der Waals surface area contributed by atoms with Crippen molar-refractivity contribution in [3.05, 3.63) is 53.3 Å². The fourth-order valence-corrected chi connectivity index (χ4v) is 2.80. The van der Waals surface area contributed by atoms with E-state index in [4.69, 9.17) is 9.47 Å². The summed E-state index contributed by atoms with van der Waals surface area (Å²) in [5.74, 6) is -0.372. The lowest BCUT2D eigenvalue weighted by Gasteiger charge is -2.18. The minimum atomic E-state index is -0.476. The minimum Gasteiger partial charge on any atom is -0.494 e. The summed E-state index contributed by atoms with van der Waals surface area (Å²) < 4.78 is 24.9. The molecule has 2 aromatic carbocycles. The highest BCUT2D eigenvalue weighted by atomic mass is 19.1. The van der Waals surface area contributed by atoms with Gasteiger partial charge in [0.1, 0.15) is 17.3 Å². The predicted molar refractivity (Wildman–Crippen MR) is 115 cm³/mol. The molecule has 0 heterocycles. The summed E-state index contributed by atoms with van der Waals surface area (Å²) >= 11 is 0. The molecule has 0 bridgehead atoms. The number of carbonyl (C=O) groups excluding carboxylic acids is 2. The maximum absolute atomic E-state index is 13.9. The van der Waals surface area contributed by atoms with Crippen molar-refractivity contribution in [2.45, 2.75) is 40.7 Å². The zero-order chi connectivity index (χ0) is 22.3. The van der Waals surface area contributed by atoms with Crippen LogP contribution in [0.1, 0.15) is 56.6 Å². The van der Waals surface area contributed by atoms with Crippen molar-refractivity contribution >= 4 is 17.5 Å². The fourth-order valence-electron chi connectivity index (χ4n) is 2.80. The number of carbonyl (C=O) groups is 2. The number of amides is 2. The Morgan fingerprint density at radius 2 is 1.70 bits per heavy atom. The molecule has 0 spiro atoms. The molecule has 0 saturated carbocycles. The van der Waals surface area contributed by atoms with E-state index in [1.54, 1.807) is 45.0 Å². The first-order valence-electron chi connectivity index (χ1n) is 10.1. The Labute approximate surface area is 176 Å². The van der Waals surface area contributed by atoms with Crippen LogP contribution in [0.4, 0.5) is 10.1 Å². The van der Waals surface area contributed by atoms with Gasteiger partial charge in [0.2, 0.25) is 5.91 Å². The van der Waals surface area contributed by atoms with Gasteiger partial charge in [-0.1, -0.05) is 13.8 Å². The summed E-state index contributed by atoms with van der Waals surface area (Å²) in [5, 5.41) is 5.64. The van der Waals surface area contributed by atoms with E-state index in [2.05, 4.69) is 10.6 Å². The maximum Gasteiger partial charge on any atom is 0.255 e. The second-order valence-corrected chi connectivity index (χ2v) is 7.14. The fraction of sp³-hybridized carbons (Fsp3) is 0.391. The highest BCUT2D eigenvalue weighted by Crippen LogP contribution is 2.26. The van der Waals surface area contributed by atoms with Crippen molar-refractivity contribution in [1.29, 1.82) is 0 Å². The van der Waals surface area contributed by atoms with Gasteiger partial charge in [-0.05, 0) is 56.7 Å². The number of ether oxygens (including phenoxy) is 2. The Balaban J connectivity index is 2.26. The number of halogens is 1. The molecular weight excluding hydrogens is 387 g/mol. The van der Waals surface area contributed by atoms with Gasteiger partial charge in [0, 0.05) is 17.7 Å². The second-order valence-electron chi connectivity index (χ2n) is 7.14. The molecular formula is C23H29FN2O4. The monoisotopic (exact) mass is 416 g/mol. The summed E-state index contributed by atoms with van der Waals surface area (Å²) in [6.07, 6.45) is 0. The molecule has 0 radical (unpaired) electrons. The first-order chi connectivity index (χ1) is 14.2. The molecule has 30 heavy (non-hydrogen) atoms. The third-order valence-corrected chi connectivity index (χ3v) is 4.37. The van der Waals surface area contributed by atoms with Crippen LogP contribution < -0.4 is 20.1 Å². The van der Waals surface area contributed by atoms with Crippen molar-refractivity contribution in [3.8, 4) is 11.5 Å².